The van der Waals surface area contributed by atoms with Gasteiger partial charge in [-0.3, -0.25) is 19.4 Å². The number of alkyl carbamates (subject to hydrolysis) is 1. The molecule has 1 fully saturated rings. The lowest BCUT2D eigenvalue weighted by Gasteiger charge is -2.34. The lowest BCUT2D eigenvalue weighted by atomic mass is 9.95. The third-order valence-corrected chi connectivity index (χ3v) is 10.3. The van der Waals surface area contributed by atoms with Crippen molar-refractivity contribution in [1.29, 1.82) is 0 Å². The van der Waals surface area contributed by atoms with Crippen molar-refractivity contribution in [3.63, 3.8) is 0 Å². The Kier molecular flexibility index (Phi) is 16.6. The molecular weight excluding hydrogens is 687 g/mol. The van der Waals surface area contributed by atoms with Crippen LogP contribution in [0.15, 0.2) is 47.5 Å². The van der Waals surface area contributed by atoms with Crippen LogP contribution in [0.1, 0.15) is 60.5 Å². The van der Waals surface area contributed by atoms with Crippen LogP contribution in [-0.2, 0) is 39.8 Å². The van der Waals surface area contributed by atoms with Gasteiger partial charge in [0.15, 0.2) is 6.10 Å². The Bertz CT molecular complexity index is 1400. The van der Waals surface area contributed by atoms with Crippen LogP contribution < -0.4 is 16.0 Å². The number of aliphatic imine (C=N–C) groups is 1. The van der Waals surface area contributed by atoms with Crippen LogP contribution >= 0.6 is 11.8 Å². The van der Waals surface area contributed by atoms with Crippen molar-refractivity contribution in [2.45, 2.75) is 109 Å². The maximum Gasteiger partial charge on any atom is 0.408 e. The summed E-state index contributed by atoms with van der Waals surface area (Å²) in [6, 6.07) is 8.35. The summed E-state index contributed by atoms with van der Waals surface area (Å²) in [6.45, 7) is 13.7. The molecule has 2 aliphatic rings. The Balaban J connectivity index is 1.67. The zero-order valence-electron chi connectivity index (χ0n) is 32.3. The molecule has 8 atom stereocenters. The van der Waals surface area contributed by atoms with E-state index >= 15 is 0 Å². The quantitative estimate of drug-likeness (QED) is 0.202. The number of nitrogens with one attached hydrogen (secondary N) is 3. The number of thioether (sulfide) groups is 1. The molecule has 0 radical (unpaired) electrons. The highest BCUT2D eigenvalue weighted by atomic mass is 32.2. The number of hydrogen-bond donors (Lipinski definition) is 3. The molecule has 1 unspecified atom stereocenters. The van der Waals surface area contributed by atoms with Crippen LogP contribution in [0.5, 0.6) is 0 Å². The molecule has 0 bridgehead atoms. The van der Waals surface area contributed by atoms with E-state index in [1.807, 2.05) is 58.0 Å². The second-order valence-electron chi connectivity index (χ2n) is 14.6. The standard InChI is InChI=1S/C38H59N5O8S/c1-11-24(4)27(43(8)36(46)30(23(2)3)42-37(47)51-38(5,6)7)17-18-29(44)40-22-28-31(48-9)32(49-10)33(50-28)34(45)41-26(35-39-19-20-52-35)21-25-15-13-12-14-16-25/h12-18,23-24,26-28,30-33H,11,19-22H2,1-10H3,(H,40,44)(H,41,45)(H,42,47)/b18-17+/t24-,26-,27?,28+,30-,31+,32-,33+/m0/s1. The third kappa shape index (κ3) is 12.3. The van der Waals surface area contributed by atoms with Crippen molar-refractivity contribution in [2.75, 3.05) is 40.1 Å². The predicted octanol–water partition coefficient (Wildman–Crippen LogP) is 3.75. The molecule has 0 aliphatic carbocycles. The average molecular weight is 746 g/mol. The fraction of sp³-hybridized carbons (Fsp3) is 0.658. The molecule has 290 valence electrons. The fourth-order valence-corrected chi connectivity index (χ4v) is 7.13. The summed E-state index contributed by atoms with van der Waals surface area (Å²) >= 11 is 1.64. The zero-order valence-corrected chi connectivity index (χ0v) is 33.2. The van der Waals surface area contributed by atoms with Crippen LogP contribution in [0.3, 0.4) is 0 Å². The molecule has 1 saturated heterocycles. The van der Waals surface area contributed by atoms with Gasteiger partial charge in [0.05, 0.1) is 17.1 Å². The van der Waals surface area contributed by atoms with Crippen LogP contribution in [0.4, 0.5) is 4.79 Å². The summed E-state index contributed by atoms with van der Waals surface area (Å²) in [4.78, 5) is 59.3. The van der Waals surface area contributed by atoms with Crippen LogP contribution in [-0.4, -0.2) is 122 Å². The highest BCUT2D eigenvalue weighted by Gasteiger charge is 2.49. The molecular formula is C38H59N5O8S. The summed E-state index contributed by atoms with van der Waals surface area (Å²) in [7, 11) is 4.69. The number of hydrogen-bond acceptors (Lipinski definition) is 10. The second-order valence-corrected chi connectivity index (χ2v) is 15.7. The first kappa shape index (κ1) is 42.9. The Morgan fingerprint density at radius 2 is 1.73 bits per heavy atom. The van der Waals surface area contributed by atoms with Gasteiger partial charge in [-0.05, 0) is 44.6 Å². The highest BCUT2D eigenvalue weighted by molar-refractivity contribution is 8.14. The van der Waals surface area contributed by atoms with Crippen LogP contribution in [0.2, 0.25) is 0 Å². The number of methoxy groups -OCH3 is 2. The lowest BCUT2D eigenvalue weighted by Crippen LogP contribution is -2.54. The summed E-state index contributed by atoms with van der Waals surface area (Å²) in [6.07, 6.45) is 0.759. The van der Waals surface area contributed by atoms with Crippen molar-refractivity contribution in [3.05, 3.63) is 48.0 Å². The molecule has 1 aromatic rings. The van der Waals surface area contributed by atoms with Gasteiger partial charge in [0.25, 0.3) is 5.91 Å². The Morgan fingerprint density at radius 3 is 2.29 bits per heavy atom. The minimum absolute atomic E-state index is 0.00409. The third-order valence-electron chi connectivity index (χ3n) is 9.17. The number of ether oxygens (including phenoxy) is 4. The smallest absolute Gasteiger partial charge is 0.408 e. The molecule has 14 heteroatoms. The van der Waals surface area contributed by atoms with E-state index in [2.05, 4.69) is 20.9 Å². The second kappa shape index (κ2) is 20.1. The van der Waals surface area contributed by atoms with E-state index < -0.39 is 54.1 Å². The van der Waals surface area contributed by atoms with Gasteiger partial charge >= 0.3 is 6.09 Å². The number of amides is 4. The Labute approximate surface area is 313 Å². The first-order chi connectivity index (χ1) is 24.6. The number of rotatable bonds is 17. The van der Waals surface area contributed by atoms with E-state index in [1.54, 1.807) is 50.6 Å². The van der Waals surface area contributed by atoms with Gasteiger partial charge in [0.2, 0.25) is 11.8 Å². The van der Waals surface area contributed by atoms with Crippen molar-refractivity contribution in [2.24, 2.45) is 16.8 Å². The lowest BCUT2D eigenvalue weighted by molar-refractivity contribution is -0.137. The molecule has 3 N–H and O–H groups in total. The first-order valence-corrected chi connectivity index (χ1v) is 19.0. The molecule has 1 aromatic carbocycles. The molecule has 13 nitrogen and oxygen atoms in total. The van der Waals surface area contributed by atoms with Crippen molar-refractivity contribution in [3.8, 4) is 0 Å². The van der Waals surface area contributed by atoms with E-state index in [1.165, 1.54) is 20.3 Å². The van der Waals surface area contributed by atoms with Crippen molar-refractivity contribution in [1.82, 2.24) is 20.9 Å². The van der Waals surface area contributed by atoms with Gasteiger partial charge in [-0.2, -0.15) is 0 Å². The largest absolute Gasteiger partial charge is 0.444 e. The van der Waals surface area contributed by atoms with Crippen molar-refractivity contribution >= 4 is 40.6 Å². The minimum Gasteiger partial charge on any atom is -0.444 e. The molecule has 0 aromatic heterocycles. The Hall–Kier alpha value is -3.46. The van der Waals surface area contributed by atoms with Gasteiger partial charge in [-0.1, -0.05) is 70.5 Å². The van der Waals surface area contributed by atoms with Gasteiger partial charge in [-0.15, -0.1) is 11.8 Å². The van der Waals surface area contributed by atoms with E-state index in [9.17, 15) is 19.2 Å². The molecule has 2 heterocycles. The summed E-state index contributed by atoms with van der Waals surface area (Å²) in [5.41, 5.74) is 0.362. The van der Waals surface area contributed by atoms with Gasteiger partial charge < -0.3 is 39.8 Å². The number of likely N-dealkylation sites (N-methyl/N-ethyl adjacent to an activating group) is 1. The van der Waals surface area contributed by atoms with Crippen LogP contribution in [0, 0.1) is 11.8 Å². The number of carbonyl (C=O) groups is 4. The molecule has 4 amide bonds. The number of nitrogens with zero attached hydrogens (tertiary/aromatic N) is 2. The first-order valence-electron chi connectivity index (χ1n) is 18.0. The SMILES string of the molecule is CC[C@H](C)C(/C=C/C(=O)NC[C@H]1O[C@@H](C(=O)N[C@@H](Cc2ccccc2)C2=NCCS2)[C@@H](OC)[C@@H]1OC)N(C)C(=O)[C@@H](NC(=O)OC(C)(C)C)C(C)C. The van der Waals surface area contributed by atoms with E-state index in [0.29, 0.717) is 13.0 Å². The summed E-state index contributed by atoms with van der Waals surface area (Å²) in [5.74, 6) is -0.375. The molecule has 2 aliphatic heterocycles. The maximum absolute atomic E-state index is 13.7. The number of benzene rings is 1. The topological polar surface area (TPSA) is 157 Å². The van der Waals surface area contributed by atoms with E-state index in [4.69, 9.17) is 18.9 Å². The molecule has 52 heavy (non-hydrogen) atoms. The fourth-order valence-electron chi connectivity index (χ4n) is 6.21. The molecule has 0 saturated carbocycles. The number of carbonyl (C=O) groups excluding carboxylic acids is 4. The average Bonchev–Trinajstić information content (AvgIpc) is 3.77. The molecule has 3 rings (SSSR count). The predicted molar refractivity (Wildman–Crippen MR) is 203 cm³/mol. The molecule has 0 spiro atoms. The zero-order chi connectivity index (χ0) is 38.6. The summed E-state index contributed by atoms with van der Waals surface area (Å²) in [5, 5.41) is 9.60. The maximum atomic E-state index is 13.7. The van der Waals surface area contributed by atoms with E-state index in [-0.39, 0.29) is 36.2 Å². The minimum atomic E-state index is -0.977. The van der Waals surface area contributed by atoms with Crippen LogP contribution in [0.25, 0.3) is 0 Å². The van der Waals surface area contributed by atoms with Crippen molar-refractivity contribution < 1.29 is 38.1 Å². The van der Waals surface area contributed by atoms with Gasteiger partial charge in [0, 0.05) is 46.2 Å². The Morgan fingerprint density at radius 1 is 1.06 bits per heavy atom. The highest BCUT2D eigenvalue weighted by Crippen LogP contribution is 2.27. The van der Waals surface area contributed by atoms with E-state index in [0.717, 1.165) is 22.8 Å². The monoisotopic (exact) mass is 745 g/mol. The van der Waals surface area contributed by atoms with Gasteiger partial charge in [-0.25, -0.2) is 4.79 Å². The summed E-state index contributed by atoms with van der Waals surface area (Å²) < 4.78 is 23.0. The van der Waals surface area contributed by atoms with Gasteiger partial charge in [0.1, 0.15) is 30.0 Å². The normalized spacial score (nSPS) is 22.7.